The molecule has 1 aliphatic rings. The maximum atomic E-state index is 12.5. The Morgan fingerprint density at radius 2 is 1.76 bits per heavy atom. The zero-order chi connectivity index (χ0) is 14.9. The van der Waals surface area contributed by atoms with Crippen LogP contribution in [0, 0.1) is 0 Å². The van der Waals surface area contributed by atoms with Gasteiger partial charge in [-0.15, -0.1) is 11.3 Å². The minimum Gasteiger partial charge on any atom is -0.399 e. The van der Waals surface area contributed by atoms with Gasteiger partial charge in [-0.1, -0.05) is 0 Å². The van der Waals surface area contributed by atoms with Crippen LogP contribution in [0.15, 0.2) is 40.7 Å². The van der Waals surface area contributed by atoms with Gasteiger partial charge in [0.15, 0.2) is 5.13 Å². The monoisotopic (exact) mass is 324 g/mol. The van der Waals surface area contributed by atoms with Crippen molar-refractivity contribution in [3.8, 4) is 0 Å². The van der Waals surface area contributed by atoms with Crippen molar-refractivity contribution in [2.24, 2.45) is 0 Å². The maximum absolute atomic E-state index is 12.5. The predicted octanol–water partition coefficient (Wildman–Crippen LogP) is 1.24. The SMILES string of the molecule is Nc1ccc(S(=O)(=O)N2CCN(c3nccs3)CC2)cc1. The smallest absolute Gasteiger partial charge is 0.243 e. The summed E-state index contributed by atoms with van der Waals surface area (Å²) in [5, 5.41) is 2.87. The van der Waals surface area contributed by atoms with E-state index in [1.807, 2.05) is 5.38 Å². The molecule has 0 atom stereocenters. The Hall–Kier alpha value is -1.64. The summed E-state index contributed by atoms with van der Waals surface area (Å²) in [5.41, 5.74) is 6.16. The standard InChI is InChI=1S/C13H16N4O2S2/c14-11-1-3-12(4-2-11)21(18,19)17-8-6-16(7-9-17)13-15-5-10-20-13/h1-5,10H,6-9,14H2. The highest BCUT2D eigenvalue weighted by atomic mass is 32.2. The summed E-state index contributed by atoms with van der Waals surface area (Å²) in [4.78, 5) is 6.66. The first-order chi connectivity index (χ1) is 10.1. The predicted molar refractivity (Wildman–Crippen MR) is 83.9 cm³/mol. The number of anilines is 2. The largest absolute Gasteiger partial charge is 0.399 e. The minimum absolute atomic E-state index is 0.291. The summed E-state index contributed by atoms with van der Waals surface area (Å²) >= 11 is 1.57. The van der Waals surface area contributed by atoms with Gasteiger partial charge in [0, 0.05) is 43.4 Å². The van der Waals surface area contributed by atoms with Gasteiger partial charge in [-0.25, -0.2) is 13.4 Å². The number of nitrogens with two attached hydrogens (primary N) is 1. The molecule has 2 aromatic rings. The normalized spacial score (nSPS) is 17.0. The molecule has 8 heteroatoms. The highest BCUT2D eigenvalue weighted by Gasteiger charge is 2.28. The van der Waals surface area contributed by atoms with Gasteiger partial charge in [0.25, 0.3) is 0 Å². The fourth-order valence-electron chi connectivity index (χ4n) is 2.28. The summed E-state index contributed by atoms with van der Waals surface area (Å²) in [6.45, 7) is 2.24. The number of nitrogens with zero attached hydrogens (tertiary/aromatic N) is 3. The summed E-state index contributed by atoms with van der Waals surface area (Å²) in [7, 11) is -3.44. The maximum Gasteiger partial charge on any atom is 0.243 e. The first-order valence-electron chi connectivity index (χ1n) is 6.57. The fourth-order valence-corrected chi connectivity index (χ4v) is 4.40. The van der Waals surface area contributed by atoms with Crippen LogP contribution in [0.2, 0.25) is 0 Å². The Morgan fingerprint density at radius 3 is 2.33 bits per heavy atom. The Labute approximate surface area is 127 Å². The van der Waals surface area contributed by atoms with E-state index in [2.05, 4.69) is 9.88 Å². The van der Waals surface area contributed by atoms with Crippen LogP contribution in [0.4, 0.5) is 10.8 Å². The molecule has 1 aromatic heterocycles. The summed E-state index contributed by atoms with van der Waals surface area (Å²) in [6.07, 6.45) is 1.76. The van der Waals surface area contributed by atoms with E-state index in [9.17, 15) is 8.42 Å². The molecule has 0 unspecified atom stereocenters. The molecule has 2 heterocycles. The zero-order valence-corrected chi connectivity index (χ0v) is 13.0. The summed E-state index contributed by atoms with van der Waals surface area (Å²) < 4.78 is 26.6. The molecule has 0 bridgehead atoms. The number of sulfonamides is 1. The molecule has 21 heavy (non-hydrogen) atoms. The lowest BCUT2D eigenvalue weighted by Crippen LogP contribution is -2.48. The number of benzene rings is 1. The molecule has 0 amide bonds. The first-order valence-corrected chi connectivity index (χ1v) is 8.89. The second-order valence-corrected chi connectivity index (χ2v) is 7.59. The molecular formula is C13H16N4O2S2. The molecule has 0 spiro atoms. The summed E-state index contributed by atoms with van der Waals surface area (Å²) in [5.74, 6) is 0. The molecule has 1 saturated heterocycles. The average Bonchev–Trinajstić information content (AvgIpc) is 3.02. The van der Waals surface area contributed by atoms with Crippen molar-refractivity contribution in [1.82, 2.24) is 9.29 Å². The fraction of sp³-hybridized carbons (Fsp3) is 0.308. The van der Waals surface area contributed by atoms with E-state index in [4.69, 9.17) is 5.73 Å². The minimum atomic E-state index is -3.44. The average molecular weight is 324 g/mol. The Morgan fingerprint density at radius 1 is 1.10 bits per heavy atom. The van der Waals surface area contributed by atoms with Crippen molar-refractivity contribution in [2.45, 2.75) is 4.90 Å². The van der Waals surface area contributed by atoms with Crippen molar-refractivity contribution >= 4 is 32.2 Å². The van der Waals surface area contributed by atoms with Crippen LogP contribution in [0.5, 0.6) is 0 Å². The van der Waals surface area contributed by atoms with E-state index in [1.54, 1.807) is 41.8 Å². The van der Waals surface area contributed by atoms with Gasteiger partial charge in [0.05, 0.1) is 4.90 Å². The first kappa shape index (κ1) is 14.3. The van der Waals surface area contributed by atoms with E-state index in [1.165, 1.54) is 4.31 Å². The van der Waals surface area contributed by atoms with Crippen molar-refractivity contribution in [3.05, 3.63) is 35.8 Å². The van der Waals surface area contributed by atoms with Crippen molar-refractivity contribution < 1.29 is 8.42 Å². The van der Waals surface area contributed by atoms with E-state index >= 15 is 0 Å². The van der Waals surface area contributed by atoms with E-state index in [0.29, 0.717) is 36.8 Å². The molecule has 2 N–H and O–H groups in total. The van der Waals surface area contributed by atoms with Gasteiger partial charge in [-0.05, 0) is 24.3 Å². The lowest BCUT2D eigenvalue weighted by molar-refractivity contribution is 0.385. The lowest BCUT2D eigenvalue weighted by Gasteiger charge is -2.33. The van der Waals surface area contributed by atoms with Gasteiger partial charge in [-0.2, -0.15) is 4.31 Å². The highest BCUT2D eigenvalue weighted by molar-refractivity contribution is 7.89. The molecule has 1 fully saturated rings. The van der Waals surface area contributed by atoms with Crippen LogP contribution in [0.1, 0.15) is 0 Å². The molecule has 0 aliphatic carbocycles. The topological polar surface area (TPSA) is 79.5 Å². The highest BCUT2D eigenvalue weighted by Crippen LogP contribution is 2.22. The molecular weight excluding hydrogens is 308 g/mol. The summed E-state index contributed by atoms with van der Waals surface area (Å²) in [6, 6.07) is 6.33. The Balaban J connectivity index is 1.72. The second kappa shape index (κ2) is 5.63. The van der Waals surface area contributed by atoms with E-state index < -0.39 is 10.0 Å². The van der Waals surface area contributed by atoms with Crippen LogP contribution < -0.4 is 10.6 Å². The molecule has 3 rings (SSSR count). The van der Waals surface area contributed by atoms with Crippen LogP contribution in [0.3, 0.4) is 0 Å². The van der Waals surface area contributed by atoms with Crippen LogP contribution >= 0.6 is 11.3 Å². The second-order valence-electron chi connectivity index (χ2n) is 4.77. The number of nitrogen functional groups attached to an aromatic ring is 1. The number of thiazole rings is 1. The van der Waals surface area contributed by atoms with Crippen LogP contribution in [-0.2, 0) is 10.0 Å². The molecule has 6 nitrogen and oxygen atoms in total. The lowest BCUT2D eigenvalue weighted by atomic mass is 10.3. The van der Waals surface area contributed by atoms with Gasteiger partial charge in [0.1, 0.15) is 0 Å². The number of rotatable bonds is 3. The van der Waals surface area contributed by atoms with Gasteiger partial charge in [0.2, 0.25) is 10.0 Å². The third-order valence-corrected chi connectivity index (χ3v) is 6.19. The van der Waals surface area contributed by atoms with Crippen molar-refractivity contribution in [3.63, 3.8) is 0 Å². The zero-order valence-electron chi connectivity index (χ0n) is 11.3. The number of hydrogen-bond donors (Lipinski definition) is 1. The quantitative estimate of drug-likeness (QED) is 0.859. The molecule has 112 valence electrons. The molecule has 0 radical (unpaired) electrons. The van der Waals surface area contributed by atoms with Crippen LogP contribution in [0.25, 0.3) is 0 Å². The number of aromatic nitrogens is 1. The molecule has 1 aliphatic heterocycles. The van der Waals surface area contributed by atoms with Gasteiger partial charge in [-0.3, -0.25) is 0 Å². The Kier molecular flexibility index (Phi) is 3.83. The number of piperazine rings is 1. The van der Waals surface area contributed by atoms with Crippen LogP contribution in [-0.4, -0.2) is 43.9 Å². The third-order valence-electron chi connectivity index (χ3n) is 3.45. The van der Waals surface area contributed by atoms with E-state index in [-0.39, 0.29) is 0 Å². The van der Waals surface area contributed by atoms with Crippen molar-refractivity contribution in [2.75, 3.05) is 36.8 Å². The molecule has 1 aromatic carbocycles. The van der Waals surface area contributed by atoms with Gasteiger partial charge >= 0.3 is 0 Å². The van der Waals surface area contributed by atoms with E-state index in [0.717, 1.165) is 5.13 Å². The van der Waals surface area contributed by atoms with Gasteiger partial charge < -0.3 is 10.6 Å². The third kappa shape index (κ3) is 2.87. The molecule has 0 saturated carbocycles. The Bertz CT molecular complexity index is 690. The van der Waals surface area contributed by atoms with Crippen molar-refractivity contribution in [1.29, 1.82) is 0 Å². The number of hydrogen-bond acceptors (Lipinski definition) is 6.